The Balaban J connectivity index is 1.44. The maximum atomic E-state index is 13.9. The standard InChI is InChI=1S/C18H22FN3S/c19-16-5-2-1-4-15(16)12-21-9-3-6-18(13-21)7-10-22(14-18)17-20-8-11-23-17/h1-2,4-5,8,11H,3,6-7,9-10,12-14H2/t18-/m1/s1. The minimum atomic E-state index is -0.0806. The Morgan fingerprint density at radius 1 is 1.17 bits per heavy atom. The van der Waals surface area contributed by atoms with Crippen molar-refractivity contribution in [1.29, 1.82) is 0 Å². The van der Waals surface area contributed by atoms with Crippen molar-refractivity contribution >= 4 is 16.5 Å². The molecule has 2 fully saturated rings. The fourth-order valence-corrected chi connectivity index (χ4v) is 4.79. The predicted molar refractivity (Wildman–Crippen MR) is 92.3 cm³/mol. The Bertz CT molecular complexity index is 660. The van der Waals surface area contributed by atoms with Gasteiger partial charge in [0.15, 0.2) is 5.13 Å². The van der Waals surface area contributed by atoms with E-state index < -0.39 is 0 Å². The lowest BCUT2D eigenvalue weighted by Crippen LogP contribution is -2.44. The van der Waals surface area contributed by atoms with Gasteiger partial charge in [-0.2, -0.15) is 0 Å². The van der Waals surface area contributed by atoms with Gasteiger partial charge in [0.05, 0.1) is 0 Å². The minimum absolute atomic E-state index is 0.0806. The number of thiazole rings is 1. The average molecular weight is 331 g/mol. The highest BCUT2D eigenvalue weighted by molar-refractivity contribution is 7.13. The zero-order chi connectivity index (χ0) is 15.7. The summed E-state index contributed by atoms with van der Waals surface area (Å²) in [5.74, 6) is -0.0806. The quantitative estimate of drug-likeness (QED) is 0.853. The number of anilines is 1. The summed E-state index contributed by atoms with van der Waals surface area (Å²) in [5, 5.41) is 3.19. The summed E-state index contributed by atoms with van der Waals surface area (Å²) in [6, 6.07) is 7.17. The van der Waals surface area contributed by atoms with Crippen LogP contribution >= 0.6 is 11.3 Å². The van der Waals surface area contributed by atoms with Crippen LogP contribution in [-0.2, 0) is 6.54 Å². The van der Waals surface area contributed by atoms with Gasteiger partial charge in [0.1, 0.15) is 5.82 Å². The molecule has 122 valence electrons. The summed E-state index contributed by atoms with van der Waals surface area (Å²) in [6.45, 7) is 5.07. The first-order valence-corrected chi connectivity index (χ1v) is 9.22. The molecule has 1 spiro atoms. The van der Waals surface area contributed by atoms with Crippen molar-refractivity contribution < 1.29 is 4.39 Å². The Labute approximate surface area is 140 Å². The van der Waals surface area contributed by atoms with E-state index in [1.54, 1.807) is 23.5 Å². The lowest BCUT2D eigenvalue weighted by Gasteiger charge is -2.40. The number of hydrogen-bond acceptors (Lipinski definition) is 4. The number of hydrogen-bond donors (Lipinski definition) is 0. The Morgan fingerprint density at radius 2 is 2.09 bits per heavy atom. The van der Waals surface area contributed by atoms with Gasteiger partial charge in [-0.3, -0.25) is 4.90 Å². The molecular weight excluding hydrogens is 309 g/mol. The number of nitrogens with zero attached hydrogens (tertiary/aromatic N) is 3. The molecule has 2 aromatic rings. The van der Waals surface area contributed by atoms with Crippen LogP contribution in [-0.4, -0.2) is 36.1 Å². The molecule has 0 radical (unpaired) electrons. The van der Waals surface area contributed by atoms with Crippen molar-refractivity contribution in [2.24, 2.45) is 5.41 Å². The second-order valence-electron chi connectivity index (χ2n) is 6.89. The lowest BCUT2D eigenvalue weighted by molar-refractivity contribution is 0.0982. The molecule has 4 rings (SSSR count). The van der Waals surface area contributed by atoms with Crippen LogP contribution in [0.3, 0.4) is 0 Å². The second kappa shape index (κ2) is 6.21. The number of benzene rings is 1. The monoisotopic (exact) mass is 331 g/mol. The van der Waals surface area contributed by atoms with Gasteiger partial charge in [-0.05, 0) is 31.9 Å². The van der Waals surface area contributed by atoms with Crippen LogP contribution in [0.1, 0.15) is 24.8 Å². The summed E-state index contributed by atoms with van der Waals surface area (Å²) >= 11 is 1.72. The van der Waals surface area contributed by atoms with E-state index in [-0.39, 0.29) is 5.82 Å². The van der Waals surface area contributed by atoms with Crippen molar-refractivity contribution in [2.75, 3.05) is 31.1 Å². The van der Waals surface area contributed by atoms with E-state index in [9.17, 15) is 4.39 Å². The summed E-state index contributed by atoms with van der Waals surface area (Å²) in [6.07, 6.45) is 5.60. The van der Waals surface area contributed by atoms with Gasteiger partial charge in [0, 0.05) is 48.7 Å². The first-order valence-electron chi connectivity index (χ1n) is 8.34. The van der Waals surface area contributed by atoms with Gasteiger partial charge < -0.3 is 4.90 Å². The van der Waals surface area contributed by atoms with Crippen molar-refractivity contribution in [2.45, 2.75) is 25.8 Å². The number of aromatic nitrogens is 1. The van der Waals surface area contributed by atoms with Crippen LogP contribution in [0.2, 0.25) is 0 Å². The third kappa shape index (κ3) is 3.12. The highest BCUT2D eigenvalue weighted by atomic mass is 32.1. The molecule has 1 aromatic heterocycles. The van der Waals surface area contributed by atoms with E-state index in [0.29, 0.717) is 5.41 Å². The summed E-state index contributed by atoms with van der Waals surface area (Å²) < 4.78 is 13.9. The summed E-state index contributed by atoms with van der Waals surface area (Å²) in [5.41, 5.74) is 1.18. The van der Waals surface area contributed by atoms with E-state index in [0.717, 1.165) is 43.4 Å². The van der Waals surface area contributed by atoms with Crippen LogP contribution in [0.15, 0.2) is 35.8 Å². The highest BCUT2D eigenvalue weighted by Crippen LogP contribution is 2.41. The Hall–Kier alpha value is -1.46. The molecule has 1 atom stereocenters. The number of likely N-dealkylation sites (tertiary alicyclic amines) is 1. The van der Waals surface area contributed by atoms with Gasteiger partial charge in [-0.25, -0.2) is 9.37 Å². The van der Waals surface area contributed by atoms with Crippen molar-refractivity contribution in [3.63, 3.8) is 0 Å². The molecular formula is C18H22FN3S. The molecule has 3 nitrogen and oxygen atoms in total. The highest BCUT2D eigenvalue weighted by Gasteiger charge is 2.41. The van der Waals surface area contributed by atoms with Crippen LogP contribution in [0.4, 0.5) is 9.52 Å². The van der Waals surface area contributed by atoms with Crippen LogP contribution < -0.4 is 4.90 Å². The molecule has 3 heterocycles. The SMILES string of the molecule is Fc1ccccc1CN1CCC[C@@]2(CCN(c3nccs3)C2)C1. The molecule has 2 aliphatic rings. The number of halogens is 1. The van der Waals surface area contributed by atoms with E-state index in [2.05, 4.69) is 14.8 Å². The van der Waals surface area contributed by atoms with Gasteiger partial charge >= 0.3 is 0 Å². The maximum absolute atomic E-state index is 13.9. The Morgan fingerprint density at radius 3 is 2.91 bits per heavy atom. The molecule has 0 aliphatic carbocycles. The van der Waals surface area contributed by atoms with Crippen LogP contribution in [0, 0.1) is 11.2 Å². The molecule has 1 aromatic carbocycles. The summed E-state index contributed by atoms with van der Waals surface area (Å²) in [7, 11) is 0. The largest absolute Gasteiger partial charge is 0.347 e. The molecule has 0 amide bonds. The molecule has 0 unspecified atom stereocenters. The fourth-order valence-electron chi connectivity index (χ4n) is 4.12. The summed E-state index contributed by atoms with van der Waals surface area (Å²) in [4.78, 5) is 9.32. The van der Waals surface area contributed by atoms with Crippen LogP contribution in [0.5, 0.6) is 0 Å². The predicted octanol–water partition coefficient (Wildman–Crippen LogP) is 3.77. The molecule has 0 bridgehead atoms. The maximum Gasteiger partial charge on any atom is 0.185 e. The number of rotatable bonds is 3. The van der Waals surface area contributed by atoms with Crippen molar-refractivity contribution in [3.8, 4) is 0 Å². The van der Waals surface area contributed by atoms with Crippen LogP contribution in [0.25, 0.3) is 0 Å². The average Bonchev–Trinajstić information content (AvgIpc) is 3.20. The van der Waals surface area contributed by atoms with E-state index >= 15 is 0 Å². The van der Waals surface area contributed by atoms with Gasteiger partial charge in [-0.1, -0.05) is 18.2 Å². The zero-order valence-corrected chi connectivity index (χ0v) is 14.1. The topological polar surface area (TPSA) is 19.4 Å². The second-order valence-corrected chi connectivity index (χ2v) is 7.76. The fraction of sp³-hybridized carbons (Fsp3) is 0.500. The van der Waals surface area contributed by atoms with Gasteiger partial charge in [0.25, 0.3) is 0 Å². The zero-order valence-electron chi connectivity index (χ0n) is 13.2. The van der Waals surface area contributed by atoms with Gasteiger partial charge in [-0.15, -0.1) is 11.3 Å². The first kappa shape index (κ1) is 15.1. The lowest BCUT2D eigenvalue weighted by atomic mass is 9.79. The molecule has 5 heteroatoms. The van der Waals surface area contributed by atoms with Gasteiger partial charge in [0.2, 0.25) is 0 Å². The molecule has 0 N–H and O–H groups in total. The van der Waals surface area contributed by atoms with E-state index in [1.165, 1.54) is 19.3 Å². The van der Waals surface area contributed by atoms with Crippen molar-refractivity contribution in [3.05, 3.63) is 47.2 Å². The molecule has 23 heavy (non-hydrogen) atoms. The molecule has 2 saturated heterocycles. The first-order chi connectivity index (χ1) is 11.2. The minimum Gasteiger partial charge on any atom is -0.347 e. The third-order valence-corrected chi connectivity index (χ3v) is 6.05. The smallest absolute Gasteiger partial charge is 0.185 e. The molecule has 2 aliphatic heterocycles. The third-order valence-electron chi connectivity index (χ3n) is 5.22. The Kier molecular flexibility index (Phi) is 4.07. The van der Waals surface area contributed by atoms with Crippen molar-refractivity contribution in [1.82, 2.24) is 9.88 Å². The normalized spacial score (nSPS) is 25.3. The van der Waals surface area contributed by atoms with E-state index in [4.69, 9.17) is 0 Å². The number of piperidine rings is 1. The molecule has 0 saturated carbocycles. The van der Waals surface area contributed by atoms with E-state index in [1.807, 2.05) is 23.7 Å².